The van der Waals surface area contributed by atoms with Crippen molar-refractivity contribution in [2.75, 3.05) is 20.1 Å². The van der Waals surface area contributed by atoms with Crippen LogP contribution in [-0.4, -0.2) is 41.1 Å². The fourth-order valence-electron chi connectivity index (χ4n) is 3.06. The summed E-state index contributed by atoms with van der Waals surface area (Å²) in [5.74, 6) is 0.266. The number of nitrogens with one attached hydrogen (secondary N) is 2. The molecule has 5 heteroatoms. The molecule has 1 unspecified atom stereocenters. The summed E-state index contributed by atoms with van der Waals surface area (Å²) in [5.41, 5.74) is 0.845. The molecule has 5 nitrogen and oxygen atoms in total. The number of carbonyl (C=O) groups excluding carboxylic acids is 1. The van der Waals surface area contributed by atoms with E-state index in [4.69, 9.17) is 0 Å². The first-order valence-electron chi connectivity index (χ1n) is 7.12. The number of rotatable bonds is 5. The van der Waals surface area contributed by atoms with Crippen LogP contribution in [0.15, 0.2) is 12.4 Å². The lowest BCUT2D eigenvalue weighted by molar-refractivity contribution is -0.143. The summed E-state index contributed by atoms with van der Waals surface area (Å²) in [7, 11) is 1.89. The highest BCUT2D eigenvalue weighted by molar-refractivity contribution is 5.83. The van der Waals surface area contributed by atoms with Gasteiger partial charge in [0.15, 0.2) is 0 Å². The van der Waals surface area contributed by atoms with Crippen molar-refractivity contribution >= 4 is 5.91 Å². The van der Waals surface area contributed by atoms with Crippen molar-refractivity contribution in [2.24, 2.45) is 5.41 Å². The third-order valence-corrected chi connectivity index (χ3v) is 3.98. The Bertz CT molecular complexity index is 390. The molecule has 2 heterocycles. The number of carbonyl (C=O) groups is 1. The third-order valence-electron chi connectivity index (χ3n) is 3.98. The number of nitrogens with zero attached hydrogens (tertiary/aromatic N) is 2. The van der Waals surface area contributed by atoms with Gasteiger partial charge in [-0.25, -0.2) is 0 Å². The van der Waals surface area contributed by atoms with Crippen molar-refractivity contribution < 1.29 is 4.79 Å². The largest absolute Gasteiger partial charge is 0.341 e. The molecule has 1 fully saturated rings. The summed E-state index contributed by atoms with van der Waals surface area (Å²) >= 11 is 0. The second-order valence-electron chi connectivity index (χ2n) is 5.58. The second-order valence-corrected chi connectivity index (χ2v) is 5.58. The smallest absolute Gasteiger partial charge is 0.230 e. The van der Waals surface area contributed by atoms with Crippen LogP contribution in [0.3, 0.4) is 0 Å². The van der Waals surface area contributed by atoms with Crippen LogP contribution in [0.4, 0.5) is 0 Å². The molecule has 1 aromatic rings. The van der Waals surface area contributed by atoms with E-state index in [0.717, 1.165) is 44.3 Å². The highest BCUT2D eigenvalue weighted by Gasteiger charge is 2.40. The van der Waals surface area contributed by atoms with Gasteiger partial charge in [0.05, 0.1) is 11.6 Å². The van der Waals surface area contributed by atoms with Crippen LogP contribution >= 0.6 is 0 Å². The van der Waals surface area contributed by atoms with Gasteiger partial charge in [-0.1, -0.05) is 13.3 Å². The molecule has 1 atom stereocenters. The zero-order valence-electron chi connectivity index (χ0n) is 11.9. The Kier molecular flexibility index (Phi) is 4.58. The summed E-state index contributed by atoms with van der Waals surface area (Å²) in [6.07, 6.45) is 7.72. The lowest BCUT2D eigenvalue weighted by atomic mass is 9.75. The maximum Gasteiger partial charge on any atom is 0.230 e. The molecule has 0 radical (unpaired) electrons. The Balaban J connectivity index is 2.05. The number of piperidine rings is 1. The predicted molar refractivity (Wildman–Crippen MR) is 74.5 cm³/mol. The summed E-state index contributed by atoms with van der Waals surface area (Å²) in [4.78, 5) is 14.6. The highest BCUT2D eigenvalue weighted by Crippen LogP contribution is 2.33. The fourth-order valence-corrected chi connectivity index (χ4v) is 3.06. The predicted octanol–water partition coefficient (Wildman–Crippen LogP) is 1.54. The monoisotopic (exact) mass is 264 g/mol. The molecule has 0 aliphatic carbocycles. The molecular weight excluding hydrogens is 240 g/mol. The SMILES string of the molecule is CCCC1(C(=O)N(C)Cc2cn[nH]c2)CCCNC1. The first-order valence-corrected chi connectivity index (χ1v) is 7.12. The summed E-state index contributed by atoms with van der Waals surface area (Å²) < 4.78 is 0. The highest BCUT2D eigenvalue weighted by atomic mass is 16.2. The minimum absolute atomic E-state index is 0.203. The van der Waals surface area contributed by atoms with Gasteiger partial charge in [0.25, 0.3) is 0 Å². The maximum absolute atomic E-state index is 12.8. The van der Waals surface area contributed by atoms with E-state index < -0.39 is 0 Å². The molecular formula is C14H24N4O. The van der Waals surface area contributed by atoms with Crippen molar-refractivity contribution in [3.63, 3.8) is 0 Å². The maximum atomic E-state index is 12.8. The topological polar surface area (TPSA) is 61.0 Å². The number of amides is 1. The van der Waals surface area contributed by atoms with Crippen molar-refractivity contribution in [2.45, 2.75) is 39.2 Å². The summed E-state index contributed by atoms with van der Waals surface area (Å²) in [6, 6.07) is 0. The summed E-state index contributed by atoms with van der Waals surface area (Å²) in [5, 5.41) is 10.1. The number of hydrogen-bond donors (Lipinski definition) is 2. The normalized spacial score (nSPS) is 23.3. The van der Waals surface area contributed by atoms with Crippen LogP contribution in [0.5, 0.6) is 0 Å². The number of hydrogen-bond acceptors (Lipinski definition) is 3. The van der Waals surface area contributed by atoms with Crippen molar-refractivity contribution in [1.29, 1.82) is 0 Å². The lowest BCUT2D eigenvalue weighted by Crippen LogP contribution is -2.50. The Morgan fingerprint density at radius 3 is 3.00 bits per heavy atom. The second kappa shape index (κ2) is 6.19. The molecule has 1 saturated heterocycles. The van der Waals surface area contributed by atoms with E-state index >= 15 is 0 Å². The van der Waals surface area contributed by atoms with Crippen molar-refractivity contribution in [1.82, 2.24) is 20.4 Å². The minimum atomic E-state index is -0.203. The molecule has 0 bridgehead atoms. The van der Waals surface area contributed by atoms with Gasteiger partial charge in [0.2, 0.25) is 5.91 Å². The quantitative estimate of drug-likeness (QED) is 0.848. The number of aromatic amines is 1. The van der Waals surface area contributed by atoms with Crippen molar-refractivity contribution in [3.8, 4) is 0 Å². The van der Waals surface area contributed by atoms with Crippen LogP contribution in [0, 0.1) is 5.41 Å². The molecule has 1 amide bonds. The standard InChI is InChI=1S/C14H24N4O/c1-3-5-14(6-4-7-15-11-14)13(19)18(2)10-12-8-16-17-9-12/h8-9,15H,3-7,10-11H2,1-2H3,(H,16,17). The molecule has 0 aromatic carbocycles. The Hall–Kier alpha value is -1.36. The van der Waals surface area contributed by atoms with E-state index in [1.165, 1.54) is 0 Å². The molecule has 19 heavy (non-hydrogen) atoms. The van der Waals surface area contributed by atoms with Gasteiger partial charge in [-0.15, -0.1) is 0 Å². The van der Waals surface area contributed by atoms with E-state index in [0.29, 0.717) is 6.54 Å². The average Bonchev–Trinajstić information content (AvgIpc) is 2.92. The number of aromatic nitrogens is 2. The zero-order valence-corrected chi connectivity index (χ0v) is 11.9. The molecule has 106 valence electrons. The van der Waals surface area contributed by atoms with Crippen LogP contribution in [0.1, 0.15) is 38.2 Å². The van der Waals surface area contributed by atoms with E-state index in [-0.39, 0.29) is 11.3 Å². The lowest BCUT2D eigenvalue weighted by Gasteiger charge is -2.39. The van der Waals surface area contributed by atoms with Gasteiger partial charge in [0, 0.05) is 31.9 Å². The molecule has 1 aliphatic rings. The first-order chi connectivity index (χ1) is 9.18. The Morgan fingerprint density at radius 1 is 1.58 bits per heavy atom. The Morgan fingerprint density at radius 2 is 2.42 bits per heavy atom. The van der Waals surface area contributed by atoms with Crippen molar-refractivity contribution in [3.05, 3.63) is 18.0 Å². The Labute approximate surface area is 114 Å². The number of H-pyrrole nitrogens is 1. The van der Waals surface area contributed by atoms with E-state index in [9.17, 15) is 4.79 Å². The average molecular weight is 264 g/mol. The molecule has 2 rings (SSSR count). The molecule has 2 N–H and O–H groups in total. The van der Waals surface area contributed by atoms with Gasteiger partial charge in [-0.3, -0.25) is 9.89 Å². The van der Waals surface area contributed by atoms with Crippen LogP contribution in [-0.2, 0) is 11.3 Å². The molecule has 1 aromatic heterocycles. The van der Waals surface area contributed by atoms with Gasteiger partial charge in [-0.05, 0) is 25.8 Å². The van der Waals surface area contributed by atoms with E-state index in [1.807, 2.05) is 18.1 Å². The van der Waals surface area contributed by atoms with E-state index in [1.54, 1.807) is 6.20 Å². The van der Waals surface area contributed by atoms with Gasteiger partial charge >= 0.3 is 0 Å². The zero-order chi connectivity index (χ0) is 13.7. The van der Waals surface area contributed by atoms with E-state index in [2.05, 4.69) is 22.4 Å². The van der Waals surface area contributed by atoms with Crippen LogP contribution in [0.25, 0.3) is 0 Å². The molecule has 0 spiro atoms. The van der Waals surface area contributed by atoms with Crippen LogP contribution < -0.4 is 5.32 Å². The first kappa shape index (κ1) is 14.1. The third kappa shape index (κ3) is 3.15. The van der Waals surface area contributed by atoms with Gasteiger partial charge in [0.1, 0.15) is 0 Å². The van der Waals surface area contributed by atoms with Crippen LogP contribution in [0.2, 0.25) is 0 Å². The summed E-state index contributed by atoms with van der Waals surface area (Å²) in [6.45, 7) is 4.63. The van der Waals surface area contributed by atoms with Gasteiger partial charge < -0.3 is 10.2 Å². The minimum Gasteiger partial charge on any atom is -0.341 e. The molecule has 0 saturated carbocycles. The van der Waals surface area contributed by atoms with Gasteiger partial charge in [-0.2, -0.15) is 5.10 Å². The molecule has 1 aliphatic heterocycles. The fraction of sp³-hybridized carbons (Fsp3) is 0.714.